The Kier molecular flexibility index (Phi) is 5.86. The molecule has 0 spiro atoms. The summed E-state index contributed by atoms with van der Waals surface area (Å²) in [5.41, 5.74) is 2.74. The van der Waals surface area contributed by atoms with Gasteiger partial charge >= 0.3 is 0 Å². The van der Waals surface area contributed by atoms with Gasteiger partial charge in [-0.1, -0.05) is 42.5 Å². The topological polar surface area (TPSA) is 118 Å². The molecule has 4 fully saturated rings. The van der Waals surface area contributed by atoms with Gasteiger partial charge in [0, 0.05) is 48.6 Å². The van der Waals surface area contributed by atoms with E-state index in [1.807, 2.05) is 30.3 Å². The molecule has 1 aromatic heterocycles. The van der Waals surface area contributed by atoms with E-state index in [1.54, 1.807) is 4.90 Å². The number of benzene rings is 2. The standard InChI is InChI=1S/C33H37N5O5/c1-32(35-29(39)21-15-23-22-10-6-11-24-28(22)20(17-34-24)16-25(23)36(2)18-21)31(41)38-26(14-19-8-4-3-5-9-19)30(40)37-13-7-12-27(37)33(38,42)43-32/h3-6,8-11,17,21,23,25-27,34,42H,7,12-16,18H2,1-2H3,(H,35,39)/t21-,23?,25-,26-,27-,32+,33-/m1/s1. The molecule has 3 aromatic rings. The Hall–Kier alpha value is -3.73. The molecular formula is C33H37N5O5. The largest absolute Gasteiger partial charge is 0.361 e. The number of ether oxygens (including phenoxy) is 1. The summed E-state index contributed by atoms with van der Waals surface area (Å²) < 4.78 is 6.25. The first kappa shape index (κ1) is 26.9. The summed E-state index contributed by atoms with van der Waals surface area (Å²) in [7, 11) is 2.06. The number of hydrogen-bond donors (Lipinski definition) is 3. The Morgan fingerprint density at radius 3 is 2.79 bits per heavy atom. The molecule has 10 nitrogen and oxygen atoms in total. The van der Waals surface area contributed by atoms with Crippen LogP contribution in [0.5, 0.6) is 0 Å². The van der Waals surface area contributed by atoms with Gasteiger partial charge in [-0.15, -0.1) is 0 Å². The van der Waals surface area contributed by atoms with Gasteiger partial charge in [-0.2, -0.15) is 0 Å². The molecule has 4 aliphatic heterocycles. The maximum atomic E-state index is 14.2. The van der Waals surface area contributed by atoms with Crippen LogP contribution in [0.25, 0.3) is 10.9 Å². The van der Waals surface area contributed by atoms with Crippen LogP contribution in [-0.4, -0.2) is 92.4 Å². The van der Waals surface area contributed by atoms with E-state index in [1.165, 1.54) is 28.3 Å². The van der Waals surface area contributed by atoms with Crippen molar-refractivity contribution in [2.45, 2.75) is 74.7 Å². The van der Waals surface area contributed by atoms with E-state index in [9.17, 15) is 19.5 Å². The predicted octanol–water partition coefficient (Wildman–Crippen LogP) is 2.08. The zero-order valence-corrected chi connectivity index (χ0v) is 24.5. The van der Waals surface area contributed by atoms with Crippen LogP contribution in [0.3, 0.4) is 0 Å². The lowest BCUT2D eigenvalue weighted by atomic mass is 9.72. The average Bonchev–Trinajstić information content (AvgIpc) is 3.70. The number of aromatic nitrogens is 1. The van der Waals surface area contributed by atoms with E-state index in [4.69, 9.17) is 4.74 Å². The minimum atomic E-state index is -2.03. The van der Waals surface area contributed by atoms with Crippen LogP contribution >= 0.6 is 0 Å². The van der Waals surface area contributed by atoms with Crippen molar-refractivity contribution >= 4 is 28.6 Å². The minimum absolute atomic E-state index is 0.171. The molecule has 8 rings (SSSR count). The second-order valence-electron chi connectivity index (χ2n) is 13.2. The Bertz CT molecular complexity index is 1640. The number of hydrogen-bond acceptors (Lipinski definition) is 6. The predicted molar refractivity (Wildman–Crippen MR) is 157 cm³/mol. The van der Waals surface area contributed by atoms with Crippen LogP contribution < -0.4 is 5.32 Å². The van der Waals surface area contributed by atoms with Crippen molar-refractivity contribution in [1.29, 1.82) is 0 Å². The lowest BCUT2D eigenvalue weighted by Gasteiger charge is -2.48. The number of carbonyl (C=O) groups is 3. The fourth-order valence-corrected chi connectivity index (χ4v) is 8.65. The third kappa shape index (κ3) is 3.86. The van der Waals surface area contributed by atoms with Crippen LogP contribution in [0.15, 0.2) is 54.7 Å². The molecule has 0 radical (unpaired) electrons. The van der Waals surface area contributed by atoms with E-state index in [-0.39, 0.29) is 36.1 Å². The number of nitrogens with one attached hydrogen (secondary N) is 2. The maximum Gasteiger partial charge on any atom is 0.280 e. The fraction of sp³-hybridized carbons (Fsp3) is 0.485. The van der Waals surface area contributed by atoms with Crippen LogP contribution in [0.2, 0.25) is 0 Å². The van der Waals surface area contributed by atoms with Gasteiger partial charge in [0.25, 0.3) is 11.8 Å². The molecule has 5 heterocycles. The van der Waals surface area contributed by atoms with Crippen molar-refractivity contribution in [2.24, 2.45) is 5.92 Å². The summed E-state index contributed by atoms with van der Waals surface area (Å²) in [5, 5.41) is 16.2. The van der Waals surface area contributed by atoms with Crippen molar-refractivity contribution < 1.29 is 24.2 Å². The molecule has 1 unspecified atom stereocenters. The monoisotopic (exact) mass is 583 g/mol. The highest BCUT2D eigenvalue weighted by atomic mass is 16.7. The van der Waals surface area contributed by atoms with Crippen molar-refractivity contribution in [1.82, 2.24) is 25.0 Å². The number of likely N-dealkylation sites (N-methyl/N-ethyl adjacent to an activating group) is 1. The molecule has 224 valence electrons. The number of piperidine rings is 1. The number of likely N-dealkylation sites (tertiary alicyclic amines) is 1. The number of carbonyl (C=O) groups excluding carboxylic acids is 3. The molecule has 43 heavy (non-hydrogen) atoms. The summed E-state index contributed by atoms with van der Waals surface area (Å²) in [4.78, 5) is 50.4. The third-order valence-electron chi connectivity index (χ3n) is 10.6. The van der Waals surface area contributed by atoms with E-state index in [0.29, 0.717) is 32.4 Å². The molecule has 7 atom stereocenters. The zero-order valence-electron chi connectivity index (χ0n) is 24.5. The quantitative estimate of drug-likeness (QED) is 0.433. The van der Waals surface area contributed by atoms with Gasteiger partial charge in [-0.3, -0.25) is 24.0 Å². The van der Waals surface area contributed by atoms with Crippen molar-refractivity contribution in [3.63, 3.8) is 0 Å². The summed E-state index contributed by atoms with van der Waals surface area (Å²) >= 11 is 0. The van der Waals surface area contributed by atoms with Crippen molar-refractivity contribution in [2.75, 3.05) is 20.1 Å². The van der Waals surface area contributed by atoms with Gasteiger partial charge in [-0.05, 0) is 62.4 Å². The van der Waals surface area contributed by atoms with E-state index in [0.717, 1.165) is 17.5 Å². The van der Waals surface area contributed by atoms with Gasteiger partial charge in [0.2, 0.25) is 17.5 Å². The van der Waals surface area contributed by atoms with Crippen molar-refractivity contribution in [3.05, 3.63) is 71.4 Å². The number of amides is 3. The summed E-state index contributed by atoms with van der Waals surface area (Å²) in [5.74, 6) is -3.31. The number of H-pyrrole nitrogens is 1. The normalized spacial score (nSPS) is 35.2. The van der Waals surface area contributed by atoms with E-state index >= 15 is 0 Å². The second-order valence-corrected chi connectivity index (χ2v) is 13.2. The van der Waals surface area contributed by atoms with Crippen LogP contribution in [0.1, 0.15) is 48.8 Å². The SMILES string of the molecule is CN1C[C@H](C(=O)N[C@@]2(C)O[C@]3(O)[C@H]4CCCN4C(=O)[C@@H](Cc4ccccc4)N3C2=O)CC2c3cccc4[nH]cc(c34)C[C@H]21. The van der Waals surface area contributed by atoms with E-state index < -0.39 is 29.6 Å². The molecule has 3 N–H and O–H groups in total. The van der Waals surface area contributed by atoms with Crippen molar-refractivity contribution in [3.8, 4) is 0 Å². The van der Waals surface area contributed by atoms with Gasteiger partial charge < -0.3 is 25.2 Å². The first-order valence-corrected chi connectivity index (χ1v) is 15.4. The number of aromatic amines is 1. The molecule has 10 heteroatoms. The highest BCUT2D eigenvalue weighted by Crippen LogP contribution is 2.47. The third-order valence-corrected chi connectivity index (χ3v) is 10.6. The van der Waals surface area contributed by atoms with Crippen LogP contribution in [-0.2, 0) is 32.0 Å². The first-order valence-electron chi connectivity index (χ1n) is 15.4. The molecule has 4 saturated heterocycles. The molecule has 2 aromatic carbocycles. The van der Waals surface area contributed by atoms with Gasteiger partial charge in [0.1, 0.15) is 12.1 Å². The van der Waals surface area contributed by atoms with Crippen LogP contribution in [0.4, 0.5) is 0 Å². The Labute approximate surface area is 250 Å². The smallest absolute Gasteiger partial charge is 0.280 e. The van der Waals surface area contributed by atoms with Crippen LogP contribution in [0, 0.1) is 5.92 Å². The Morgan fingerprint density at radius 2 is 1.98 bits per heavy atom. The molecular weight excluding hydrogens is 546 g/mol. The number of piperazine rings is 1. The number of rotatable bonds is 4. The Morgan fingerprint density at radius 1 is 1.16 bits per heavy atom. The lowest BCUT2D eigenvalue weighted by molar-refractivity contribution is -0.315. The maximum absolute atomic E-state index is 14.2. The summed E-state index contributed by atoms with van der Waals surface area (Å²) in [6.45, 7) is 2.56. The van der Waals surface area contributed by atoms with Gasteiger partial charge in [0.05, 0.1) is 5.92 Å². The number of nitrogens with zero attached hydrogens (tertiary/aromatic N) is 3. The molecule has 5 aliphatic rings. The zero-order chi connectivity index (χ0) is 29.7. The fourth-order valence-electron chi connectivity index (χ4n) is 8.65. The molecule has 1 aliphatic carbocycles. The summed E-state index contributed by atoms with van der Waals surface area (Å²) in [6.07, 6.45) is 5.13. The van der Waals surface area contributed by atoms with E-state index in [2.05, 4.69) is 46.6 Å². The number of aliphatic hydroxyl groups is 1. The molecule has 3 amide bonds. The van der Waals surface area contributed by atoms with Gasteiger partial charge in [0.15, 0.2) is 0 Å². The molecule has 0 bridgehead atoms. The number of fused-ring (bicyclic) bond motifs is 5. The average molecular weight is 584 g/mol. The highest BCUT2D eigenvalue weighted by Gasteiger charge is 2.70. The van der Waals surface area contributed by atoms with Gasteiger partial charge in [-0.25, -0.2) is 0 Å². The second kappa shape index (κ2) is 9.38. The summed E-state index contributed by atoms with van der Waals surface area (Å²) in [6, 6.07) is 14.4. The molecule has 0 saturated carbocycles. The first-order chi connectivity index (χ1) is 20.7. The Balaban J connectivity index is 1.08. The minimum Gasteiger partial charge on any atom is -0.361 e. The lowest BCUT2D eigenvalue weighted by Crippen LogP contribution is -2.71. The highest BCUT2D eigenvalue weighted by molar-refractivity contribution is 5.97.